The number of benzene rings is 1. The highest BCUT2D eigenvalue weighted by Gasteiger charge is 2.26. The average molecular weight is 315 g/mol. The van der Waals surface area contributed by atoms with Gasteiger partial charge in [0.1, 0.15) is 5.71 Å². The predicted octanol–water partition coefficient (Wildman–Crippen LogP) is 4.45. The summed E-state index contributed by atoms with van der Waals surface area (Å²) in [6.07, 6.45) is 3.75. The van der Waals surface area contributed by atoms with Gasteiger partial charge in [0.2, 0.25) is 0 Å². The monoisotopic (exact) mass is 315 g/mol. The van der Waals surface area contributed by atoms with Gasteiger partial charge in [-0.15, -0.1) is 0 Å². The molecule has 0 bridgehead atoms. The molecule has 2 heterocycles. The molecule has 0 aromatic heterocycles. The quantitative estimate of drug-likeness (QED) is 0.597. The highest BCUT2D eigenvalue weighted by atomic mass is 32.2. The van der Waals surface area contributed by atoms with Gasteiger partial charge in [-0.25, -0.2) is 4.79 Å². The fraction of sp³-hybridized carbons (Fsp3) is 0.125. The molecule has 5 heteroatoms. The Morgan fingerprint density at radius 3 is 2.38 bits per heavy atom. The Balaban J connectivity index is 1.87. The molecule has 3 nitrogen and oxygen atoms in total. The van der Waals surface area contributed by atoms with Crippen molar-refractivity contribution in [3.63, 3.8) is 0 Å². The van der Waals surface area contributed by atoms with E-state index < -0.39 is 5.97 Å². The first-order valence-corrected chi connectivity index (χ1v) is 8.09. The van der Waals surface area contributed by atoms with Crippen LogP contribution >= 0.6 is 23.5 Å². The van der Waals surface area contributed by atoms with Gasteiger partial charge in [-0.05, 0) is 35.8 Å². The average Bonchev–Trinajstić information content (AvgIpc) is 3.01. The first kappa shape index (κ1) is 14.2. The Bertz CT molecular complexity index is 699. The van der Waals surface area contributed by atoms with Crippen molar-refractivity contribution in [1.29, 1.82) is 0 Å². The summed E-state index contributed by atoms with van der Waals surface area (Å²) in [5, 5.41) is 3.89. The van der Waals surface area contributed by atoms with Crippen LogP contribution < -0.4 is 0 Å². The van der Waals surface area contributed by atoms with Crippen LogP contribution in [-0.2, 0) is 9.63 Å². The van der Waals surface area contributed by atoms with Gasteiger partial charge in [0.05, 0.1) is 5.57 Å². The van der Waals surface area contributed by atoms with Crippen LogP contribution in [0, 0.1) is 0 Å². The lowest BCUT2D eigenvalue weighted by molar-refractivity contribution is -0.136. The van der Waals surface area contributed by atoms with E-state index in [1.54, 1.807) is 29.6 Å². The summed E-state index contributed by atoms with van der Waals surface area (Å²) in [5.74, 6) is -0.403. The fourth-order valence-electron chi connectivity index (χ4n) is 1.92. The fourth-order valence-corrected chi connectivity index (χ4v) is 4.25. The van der Waals surface area contributed by atoms with E-state index in [0.717, 1.165) is 9.80 Å². The number of rotatable bonds is 2. The zero-order valence-corrected chi connectivity index (χ0v) is 13.3. The molecular formula is C16H13NO2S2. The lowest BCUT2D eigenvalue weighted by atomic mass is 10.0. The number of thioether (sulfide) groups is 2. The van der Waals surface area contributed by atoms with Crippen molar-refractivity contribution in [2.45, 2.75) is 13.8 Å². The second kappa shape index (κ2) is 5.95. The zero-order chi connectivity index (χ0) is 14.8. The third-order valence-corrected chi connectivity index (χ3v) is 5.66. The molecule has 2 aliphatic heterocycles. The van der Waals surface area contributed by atoms with Gasteiger partial charge in [0.25, 0.3) is 0 Å². The topological polar surface area (TPSA) is 38.7 Å². The number of allylic oxidation sites excluding steroid dienone is 4. The smallest absolute Gasteiger partial charge is 0.312 e. The molecule has 21 heavy (non-hydrogen) atoms. The number of oxime groups is 1. The Labute approximate surface area is 131 Å². The van der Waals surface area contributed by atoms with Crippen molar-refractivity contribution in [3.8, 4) is 0 Å². The highest BCUT2D eigenvalue weighted by molar-refractivity contribution is 8.28. The SMILES string of the molecule is CC1=C(C)SC(=C/C=C2\C(=O)ON=C2c2ccccc2)S1. The minimum Gasteiger partial charge on any atom is -0.312 e. The van der Waals surface area contributed by atoms with Gasteiger partial charge < -0.3 is 4.84 Å². The second-order valence-electron chi connectivity index (χ2n) is 4.57. The molecular weight excluding hydrogens is 302 g/mol. The summed E-state index contributed by atoms with van der Waals surface area (Å²) >= 11 is 3.44. The van der Waals surface area contributed by atoms with Crippen molar-refractivity contribution < 1.29 is 9.63 Å². The van der Waals surface area contributed by atoms with Crippen LogP contribution in [0.1, 0.15) is 19.4 Å². The summed E-state index contributed by atoms with van der Waals surface area (Å²) in [6.45, 7) is 4.20. The molecule has 0 atom stereocenters. The predicted molar refractivity (Wildman–Crippen MR) is 88.8 cm³/mol. The molecule has 106 valence electrons. The van der Waals surface area contributed by atoms with Crippen LogP contribution in [0.25, 0.3) is 0 Å². The molecule has 0 aliphatic carbocycles. The molecule has 0 radical (unpaired) electrons. The summed E-state index contributed by atoms with van der Waals surface area (Å²) in [6, 6.07) is 9.58. The lowest BCUT2D eigenvalue weighted by Crippen LogP contribution is -2.06. The van der Waals surface area contributed by atoms with Crippen molar-refractivity contribution >= 4 is 35.2 Å². The van der Waals surface area contributed by atoms with E-state index >= 15 is 0 Å². The van der Waals surface area contributed by atoms with Crippen molar-refractivity contribution in [2.24, 2.45) is 5.16 Å². The van der Waals surface area contributed by atoms with Gasteiger partial charge in [0, 0.05) is 9.80 Å². The summed E-state index contributed by atoms with van der Waals surface area (Å²) < 4.78 is 1.16. The minimum absolute atomic E-state index is 0.403. The number of hydrogen-bond donors (Lipinski definition) is 0. The molecule has 0 fully saturated rings. The van der Waals surface area contributed by atoms with Crippen LogP contribution in [0.2, 0.25) is 0 Å². The van der Waals surface area contributed by atoms with E-state index in [2.05, 4.69) is 19.0 Å². The maximum Gasteiger partial charge on any atom is 0.368 e. The maximum atomic E-state index is 11.8. The molecule has 0 saturated carbocycles. The van der Waals surface area contributed by atoms with E-state index in [9.17, 15) is 4.79 Å². The Morgan fingerprint density at radius 1 is 1.05 bits per heavy atom. The van der Waals surface area contributed by atoms with Crippen molar-refractivity contribution in [1.82, 2.24) is 0 Å². The Morgan fingerprint density at radius 2 is 1.71 bits per heavy atom. The van der Waals surface area contributed by atoms with Crippen LogP contribution in [-0.4, -0.2) is 11.7 Å². The molecule has 2 aliphatic rings. The van der Waals surface area contributed by atoms with E-state index in [-0.39, 0.29) is 0 Å². The van der Waals surface area contributed by atoms with Crippen molar-refractivity contribution in [2.75, 3.05) is 0 Å². The second-order valence-corrected chi connectivity index (χ2v) is 7.34. The standard InChI is InChI=1S/C16H13NO2S2/c1-10-11(2)21-14(20-10)9-8-13-15(17-19-16(13)18)12-6-4-3-5-7-12/h3-9H,1-2H3/b13-8-. The molecule has 1 aromatic rings. The third-order valence-electron chi connectivity index (χ3n) is 3.13. The van der Waals surface area contributed by atoms with E-state index in [1.807, 2.05) is 36.4 Å². The van der Waals surface area contributed by atoms with Gasteiger partial charge in [-0.1, -0.05) is 59.0 Å². The Hall–Kier alpha value is -1.72. The number of carbonyl (C=O) groups excluding carboxylic acids is 1. The summed E-state index contributed by atoms with van der Waals surface area (Å²) in [4.78, 5) is 19.3. The van der Waals surface area contributed by atoms with Crippen LogP contribution in [0.4, 0.5) is 0 Å². The van der Waals surface area contributed by atoms with E-state index in [0.29, 0.717) is 11.3 Å². The molecule has 0 N–H and O–H groups in total. The largest absolute Gasteiger partial charge is 0.368 e. The first-order chi connectivity index (χ1) is 10.1. The zero-order valence-electron chi connectivity index (χ0n) is 11.6. The summed E-state index contributed by atoms with van der Waals surface area (Å²) in [5.41, 5.74) is 1.97. The molecule has 0 amide bonds. The van der Waals surface area contributed by atoms with Gasteiger partial charge in [-0.3, -0.25) is 0 Å². The van der Waals surface area contributed by atoms with E-state index in [4.69, 9.17) is 4.84 Å². The lowest BCUT2D eigenvalue weighted by Gasteiger charge is -1.99. The number of carbonyl (C=O) groups is 1. The van der Waals surface area contributed by atoms with Gasteiger partial charge in [-0.2, -0.15) is 0 Å². The maximum absolute atomic E-state index is 11.8. The van der Waals surface area contributed by atoms with Crippen LogP contribution in [0.3, 0.4) is 0 Å². The summed E-state index contributed by atoms with van der Waals surface area (Å²) in [7, 11) is 0. The van der Waals surface area contributed by atoms with Gasteiger partial charge in [0.15, 0.2) is 0 Å². The van der Waals surface area contributed by atoms with Crippen LogP contribution in [0.5, 0.6) is 0 Å². The Kier molecular flexibility index (Phi) is 4.03. The third kappa shape index (κ3) is 2.99. The number of nitrogens with zero attached hydrogens (tertiary/aromatic N) is 1. The number of hydrogen-bond acceptors (Lipinski definition) is 5. The van der Waals surface area contributed by atoms with E-state index in [1.165, 1.54) is 9.81 Å². The normalized spacial score (nSPS) is 20.1. The minimum atomic E-state index is -0.403. The molecule has 0 spiro atoms. The highest BCUT2D eigenvalue weighted by Crippen LogP contribution is 2.48. The van der Waals surface area contributed by atoms with Crippen LogP contribution in [0.15, 0.2) is 67.3 Å². The molecule has 1 aromatic carbocycles. The van der Waals surface area contributed by atoms with Gasteiger partial charge >= 0.3 is 5.97 Å². The first-order valence-electron chi connectivity index (χ1n) is 6.45. The molecule has 3 rings (SSSR count). The molecule has 0 saturated heterocycles. The van der Waals surface area contributed by atoms with Crippen molar-refractivity contribution in [3.05, 3.63) is 67.7 Å². The molecule has 0 unspecified atom stereocenters.